The molecule has 0 aliphatic heterocycles. The summed E-state index contributed by atoms with van der Waals surface area (Å²) in [5.74, 6) is 0. The summed E-state index contributed by atoms with van der Waals surface area (Å²) in [5, 5.41) is 8.64. The minimum atomic E-state index is -0.155. The molecule has 6 nitrogen and oxygen atoms in total. The van der Waals surface area contributed by atoms with E-state index in [9.17, 15) is 4.79 Å². The minimum Gasteiger partial charge on any atom is -0.332 e. The van der Waals surface area contributed by atoms with Gasteiger partial charge in [0.25, 0.3) is 5.56 Å². The molecule has 0 amide bonds. The number of para-hydroxylation sites is 1. The number of rotatable bonds is 3. The minimum absolute atomic E-state index is 0.155. The topological polar surface area (TPSA) is 63.9 Å². The Hall–Kier alpha value is -3.45. The molecule has 140 valence electrons. The second-order valence-electron chi connectivity index (χ2n) is 6.42. The Bertz CT molecular complexity index is 1220. The van der Waals surface area contributed by atoms with Crippen LogP contribution in [0.2, 0.25) is 0 Å². The van der Waals surface area contributed by atoms with Gasteiger partial charge in [0.15, 0.2) is 5.11 Å². The second-order valence-corrected chi connectivity index (χ2v) is 6.83. The fourth-order valence-corrected chi connectivity index (χ4v) is 3.42. The molecule has 7 heteroatoms. The Morgan fingerprint density at radius 3 is 2.61 bits per heavy atom. The Kier molecular flexibility index (Phi) is 4.67. The van der Waals surface area contributed by atoms with Crippen molar-refractivity contribution in [1.29, 1.82) is 0 Å². The molecule has 0 aliphatic carbocycles. The Morgan fingerprint density at radius 2 is 1.82 bits per heavy atom. The first-order valence-electron chi connectivity index (χ1n) is 8.81. The fraction of sp³-hybridized carbons (Fsp3) is 0.0952. The predicted molar refractivity (Wildman–Crippen MR) is 117 cm³/mol. The summed E-state index contributed by atoms with van der Waals surface area (Å²) in [5.41, 5.74) is 2.74. The number of pyridine rings is 1. The maximum Gasteiger partial charge on any atom is 0.295 e. The van der Waals surface area contributed by atoms with Gasteiger partial charge in [-0.3, -0.25) is 14.5 Å². The maximum absolute atomic E-state index is 13.0. The van der Waals surface area contributed by atoms with Crippen LogP contribution in [0.5, 0.6) is 0 Å². The number of nitrogens with zero attached hydrogens (tertiary/aromatic N) is 3. The van der Waals surface area contributed by atoms with Gasteiger partial charge in [0.1, 0.15) is 5.69 Å². The van der Waals surface area contributed by atoms with Crippen molar-refractivity contribution in [1.82, 2.24) is 14.3 Å². The molecule has 0 bridgehead atoms. The molecule has 28 heavy (non-hydrogen) atoms. The monoisotopic (exact) mass is 389 g/mol. The number of aromatic nitrogens is 3. The van der Waals surface area contributed by atoms with E-state index in [-0.39, 0.29) is 5.56 Å². The number of benzene rings is 2. The molecule has 2 aromatic heterocycles. The Balaban J connectivity index is 1.64. The number of fused-ring (bicyclic) bond motifs is 1. The molecule has 0 unspecified atom stereocenters. The summed E-state index contributed by atoms with van der Waals surface area (Å²) in [4.78, 5) is 17.1. The molecular formula is C21H19N5OS. The van der Waals surface area contributed by atoms with Gasteiger partial charge in [-0.05, 0) is 43.4 Å². The predicted octanol–water partition coefficient (Wildman–Crippen LogP) is 3.84. The molecule has 0 saturated heterocycles. The van der Waals surface area contributed by atoms with Crippen LogP contribution in [0.3, 0.4) is 0 Å². The third kappa shape index (κ3) is 3.16. The first-order chi connectivity index (χ1) is 13.6. The normalized spacial score (nSPS) is 10.8. The number of hydrogen-bond donors (Lipinski definition) is 2. The van der Waals surface area contributed by atoms with Gasteiger partial charge in [-0.15, -0.1) is 0 Å². The fourth-order valence-electron chi connectivity index (χ4n) is 3.21. The smallest absolute Gasteiger partial charge is 0.295 e. The zero-order valence-corrected chi connectivity index (χ0v) is 16.3. The zero-order chi connectivity index (χ0) is 19.7. The van der Waals surface area contributed by atoms with Crippen LogP contribution < -0.4 is 16.2 Å². The van der Waals surface area contributed by atoms with Crippen LogP contribution >= 0.6 is 12.2 Å². The number of nitrogens with one attached hydrogen (secondary N) is 2. The molecule has 0 fully saturated rings. The van der Waals surface area contributed by atoms with E-state index in [1.165, 1.54) is 0 Å². The molecule has 4 rings (SSSR count). The van der Waals surface area contributed by atoms with Gasteiger partial charge in [-0.2, -0.15) is 0 Å². The van der Waals surface area contributed by atoms with E-state index < -0.39 is 0 Å². The lowest BCUT2D eigenvalue weighted by Crippen LogP contribution is -2.25. The number of hydrogen-bond acceptors (Lipinski definition) is 3. The lowest BCUT2D eigenvalue weighted by Gasteiger charge is -2.11. The summed E-state index contributed by atoms with van der Waals surface area (Å²) in [6.45, 7) is 1.88. The molecule has 4 aromatic rings. The number of anilines is 2. The van der Waals surface area contributed by atoms with Crippen molar-refractivity contribution < 1.29 is 0 Å². The average molecular weight is 389 g/mol. The highest BCUT2D eigenvalue weighted by Gasteiger charge is 2.17. The van der Waals surface area contributed by atoms with Gasteiger partial charge in [-0.25, -0.2) is 4.68 Å². The summed E-state index contributed by atoms with van der Waals surface area (Å²) < 4.78 is 3.43. The van der Waals surface area contributed by atoms with E-state index in [0.29, 0.717) is 10.8 Å². The van der Waals surface area contributed by atoms with E-state index in [4.69, 9.17) is 12.2 Å². The molecule has 0 spiro atoms. The first-order valence-corrected chi connectivity index (χ1v) is 9.22. The highest BCUT2D eigenvalue weighted by atomic mass is 32.1. The third-order valence-electron chi connectivity index (χ3n) is 4.72. The lowest BCUT2D eigenvalue weighted by molar-refractivity contribution is 0.630. The molecular weight excluding hydrogens is 370 g/mol. The average Bonchev–Trinajstić information content (AvgIpc) is 2.92. The summed E-state index contributed by atoms with van der Waals surface area (Å²) in [6.07, 6.45) is 3.54. The lowest BCUT2D eigenvalue weighted by atomic mass is 10.1. The second kappa shape index (κ2) is 7.28. The SMILES string of the molecule is Cc1c(NC(=S)Nc2cccc3cnccc23)c(=O)n(-c2ccccc2)n1C. The molecule has 0 saturated carbocycles. The van der Waals surface area contributed by atoms with E-state index in [1.807, 2.05) is 73.3 Å². The zero-order valence-electron chi connectivity index (χ0n) is 15.5. The van der Waals surface area contributed by atoms with Crippen molar-refractivity contribution in [2.24, 2.45) is 7.05 Å². The maximum atomic E-state index is 13.0. The Morgan fingerprint density at radius 1 is 1.04 bits per heavy atom. The highest BCUT2D eigenvalue weighted by Crippen LogP contribution is 2.22. The molecule has 0 aliphatic rings. The third-order valence-corrected chi connectivity index (χ3v) is 4.93. The largest absolute Gasteiger partial charge is 0.332 e. The van der Waals surface area contributed by atoms with Gasteiger partial charge in [-0.1, -0.05) is 30.3 Å². The summed E-state index contributed by atoms with van der Waals surface area (Å²) >= 11 is 5.47. The molecule has 2 N–H and O–H groups in total. The van der Waals surface area contributed by atoms with Crippen LogP contribution in [-0.4, -0.2) is 19.5 Å². The van der Waals surface area contributed by atoms with Crippen molar-refractivity contribution in [3.05, 3.63) is 83.0 Å². The van der Waals surface area contributed by atoms with Crippen LogP contribution in [-0.2, 0) is 7.05 Å². The summed E-state index contributed by atoms with van der Waals surface area (Å²) in [6, 6.07) is 17.3. The van der Waals surface area contributed by atoms with E-state index in [2.05, 4.69) is 15.6 Å². The molecule has 0 radical (unpaired) electrons. The highest BCUT2D eigenvalue weighted by molar-refractivity contribution is 7.80. The van der Waals surface area contributed by atoms with Gasteiger partial charge >= 0.3 is 0 Å². The quantitative estimate of drug-likeness (QED) is 0.521. The van der Waals surface area contributed by atoms with Crippen molar-refractivity contribution in [3.63, 3.8) is 0 Å². The number of thiocarbonyl (C=S) groups is 1. The van der Waals surface area contributed by atoms with Gasteiger partial charge in [0.2, 0.25) is 0 Å². The first kappa shape index (κ1) is 17.9. The van der Waals surface area contributed by atoms with E-state index in [1.54, 1.807) is 17.1 Å². The van der Waals surface area contributed by atoms with Crippen LogP contribution in [0.4, 0.5) is 11.4 Å². The Labute approximate surface area is 167 Å². The van der Waals surface area contributed by atoms with Gasteiger partial charge in [0.05, 0.1) is 11.4 Å². The molecule has 0 atom stereocenters. The van der Waals surface area contributed by atoms with E-state index in [0.717, 1.165) is 27.8 Å². The molecule has 2 aromatic carbocycles. The van der Waals surface area contributed by atoms with Crippen LogP contribution in [0.1, 0.15) is 5.69 Å². The van der Waals surface area contributed by atoms with Crippen molar-refractivity contribution in [2.75, 3.05) is 10.6 Å². The van der Waals surface area contributed by atoms with Crippen molar-refractivity contribution >= 4 is 39.5 Å². The molecule has 2 heterocycles. The standard InChI is InChI=1S/C21H19N5OS/c1-14-19(20(27)26(25(14)2)16-8-4-3-5-9-16)24-21(28)23-18-10-6-7-15-13-22-12-11-17(15)18/h3-13H,1-2H3,(H2,23,24,28). The van der Waals surface area contributed by atoms with E-state index >= 15 is 0 Å². The van der Waals surface area contributed by atoms with Crippen LogP contribution in [0.15, 0.2) is 71.8 Å². The van der Waals surface area contributed by atoms with Gasteiger partial charge in [0, 0.05) is 35.9 Å². The van der Waals surface area contributed by atoms with Gasteiger partial charge < -0.3 is 10.6 Å². The van der Waals surface area contributed by atoms with Crippen molar-refractivity contribution in [2.45, 2.75) is 6.92 Å². The van der Waals surface area contributed by atoms with Crippen molar-refractivity contribution in [3.8, 4) is 5.69 Å². The van der Waals surface area contributed by atoms with Crippen LogP contribution in [0, 0.1) is 6.92 Å². The van der Waals surface area contributed by atoms with Crippen LogP contribution in [0.25, 0.3) is 16.5 Å². The summed E-state index contributed by atoms with van der Waals surface area (Å²) in [7, 11) is 1.85.